The number of nitrogens with one attached hydrogen (secondary N) is 1. The van der Waals surface area contributed by atoms with Gasteiger partial charge in [0.15, 0.2) is 0 Å². The molecule has 0 spiro atoms. The zero-order valence-corrected chi connectivity index (χ0v) is 21.8. The molecule has 1 amide bonds. The van der Waals surface area contributed by atoms with Gasteiger partial charge in [-0.3, -0.25) is 4.79 Å². The largest absolute Gasteiger partial charge is 0.393 e. The average Bonchev–Trinajstić information content (AvgIpc) is 3.11. The Morgan fingerprint density at radius 1 is 1.18 bits per heavy atom. The number of nitrogens with zero attached hydrogens (tertiary/aromatic N) is 2. The lowest BCUT2D eigenvalue weighted by Crippen LogP contribution is -2.51. The molecule has 0 aromatic carbocycles. The van der Waals surface area contributed by atoms with E-state index in [0.29, 0.717) is 17.8 Å². The summed E-state index contributed by atoms with van der Waals surface area (Å²) in [5, 5.41) is 22.8. The maximum atomic E-state index is 11.2. The summed E-state index contributed by atoms with van der Waals surface area (Å²) in [5.74, 6) is 2.55. The number of aliphatic hydroxyl groups excluding tert-OH is 1. The summed E-state index contributed by atoms with van der Waals surface area (Å²) in [6, 6.07) is 0. The van der Waals surface area contributed by atoms with Crippen LogP contribution in [0.5, 0.6) is 0 Å². The summed E-state index contributed by atoms with van der Waals surface area (Å²) >= 11 is 0. The minimum absolute atomic E-state index is 0.0397. The highest BCUT2D eigenvalue weighted by atomic mass is 16.3. The Labute approximate surface area is 205 Å². The maximum absolute atomic E-state index is 11.2. The third-order valence-corrected chi connectivity index (χ3v) is 10.4. The molecule has 0 bridgehead atoms. The number of fused-ring (bicyclic) bond motifs is 7. The Kier molecular flexibility index (Phi) is 6.15. The van der Waals surface area contributed by atoms with Gasteiger partial charge in [0.25, 0.3) is 0 Å². The Morgan fingerprint density at radius 2 is 1.94 bits per heavy atom. The van der Waals surface area contributed by atoms with Crippen molar-refractivity contribution in [3.63, 3.8) is 0 Å². The molecule has 0 radical (unpaired) electrons. The second-order valence-electron chi connectivity index (χ2n) is 12.5. The highest BCUT2D eigenvalue weighted by Gasteiger charge is 2.58. The predicted octanol–water partition coefficient (Wildman–Crippen LogP) is 4.83. The van der Waals surface area contributed by atoms with E-state index in [9.17, 15) is 9.90 Å². The summed E-state index contributed by atoms with van der Waals surface area (Å²) in [6.07, 6.45) is 12.0. The first kappa shape index (κ1) is 24.0. The maximum Gasteiger partial charge on any atom is 0.216 e. The van der Waals surface area contributed by atoms with Crippen LogP contribution >= 0.6 is 0 Å². The van der Waals surface area contributed by atoms with Gasteiger partial charge in [-0.2, -0.15) is 10.2 Å². The Morgan fingerprint density at radius 3 is 2.71 bits per heavy atom. The molecule has 7 atom stereocenters. The zero-order valence-electron chi connectivity index (χ0n) is 21.8. The highest BCUT2D eigenvalue weighted by molar-refractivity contribution is 5.72. The number of carbonyl (C=O) groups excluding carboxylic acids is 1. The van der Waals surface area contributed by atoms with Gasteiger partial charge in [-0.1, -0.05) is 32.4 Å². The van der Waals surface area contributed by atoms with Crippen LogP contribution in [0.25, 0.3) is 0 Å². The Hall–Kier alpha value is -1.75. The normalized spacial score (nSPS) is 37.1. The van der Waals surface area contributed by atoms with Crippen LogP contribution < -0.4 is 5.32 Å². The highest BCUT2D eigenvalue weighted by Crippen LogP contribution is 2.64. The molecular weight excluding hydrogens is 422 g/mol. The van der Waals surface area contributed by atoms with E-state index in [0.717, 1.165) is 63.1 Å². The van der Waals surface area contributed by atoms with E-state index in [4.69, 9.17) is 10.2 Å². The minimum Gasteiger partial charge on any atom is -0.393 e. The van der Waals surface area contributed by atoms with Gasteiger partial charge < -0.3 is 10.4 Å². The molecule has 0 aliphatic heterocycles. The number of allylic oxidation sites excluding steroid dienone is 1. The van der Waals surface area contributed by atoms with Gasteiger partial charge in [0.1, 0.15) is 0 Å². The number of hydrogen-bond donors (Lipinski definition) is 2. The lowest BCUT2D eigenvalue weighted by Gasteiger charge is -2.57. The van der Waals surface area contributed by atoms with Crippen molar-refractivity contribution in [1.29, 1.82) is 0 Å². The molecule has 1 aromatic heterocycles. The van der Waals surface area contributed by atoms with E-state index in [2.05, 4.69) is 39.1 Å². The van der Waals surface area contributed by atoms with Crippen molar-refractivity contribution in [3.8, 4) is 0 Å². The van der Waals surface area contributed by atoms with Gasteiger partial charge in [0, 0.05) is 13.5 Å². The smallest absolute Gasteiger partial charge is 0.216 e. The van der Waals surface area contributed by atoms with E-state index in [-0.39, 0.29) is 22.8 Å². The molecule has 0 saturated heterocycles. The second-order valence-corrected chi connectivity index (χ2v) is 12.5. The Bertz CT molecular complexity index is 1000. The van der Waals surface area contributed by atoms with Crippen molar-refractivity contribution in [2.75, 3.05) is 6.54 Å². The fraction of sp³-hybridized carbons (Fsp3) is 0.759. The molecule has 0 unspecified atom stereocenters. The fourth-order valence-corrected chi connectivity index (χ4v) is 8.41. The van der Waals surface area contributed by atoms with Crippen LogP contribution in [0, 0.1) is 36.0 Å². The molecule has 2 fully saturated rings. The number of rotatable bonds is 5. The lowest BCUT2D eigenvalue weighted by atomic mass is 9.47. The summed E-state index contributed by atoms with van der Waals surface area (Å²) in [4.78, 5) is 11.2. The topological polar surface area (TPSA) is 75.1 Å². The van der Waals surface area contributed by atoms with E-state index in [1.807, 2.05) is 0 Å². The number of aliphatic hydroxyl groups is 1. The van der Waals surface area contributed by atoms with Gasteiger partial charge in [-0.25, -0.2) is 0 Å². The van der Waals surface area contributed by atoms with Crippen LogP contribution in [0.2, 0.25) is 0 Å². The van der Waals surface area contributed by atoms with Crippen LogP contribution in [0.3, 0.4) is 0 Å². The molecule has 34 heavy (non-hydrogen) atoms. The second kappa shape index (κ2) is 8.72. The van der Waals surface area contributed by atoms with E-state index >= 15 is 0 Å². The third kappa shape index (κ3) is 3.83. The van der Waals surface area contributed by atoms with E-state index in [1.165, 1.54) is 29.7 Å². The molecule has 2 N–H and O–H groups in total. The van der Waals surface area contributed by atoms with Crippen LogP contribution in [-0.2, 0) is 23.1 Å². The van der Waals surface area contributed by atoms with Crippen LogP contribution in [0.4, 0.5) is 0 Å². The molecular formula is C29H43N3O2. The number of aryl methyl sites for hydroxylation is 1. The van der Waals surface area contributed by atoms with Crippen LogP contribution in [0.15, 0.2) is 11.6 Å². The van der Waals surface area contributed by atoms with Gasteiger partial charge in [-0.05, 0) is 110 Å². The number of hydrogen-bond acceptors (Lipinski definition) is 4. The fourth-order valence-electron chi connectivity index (χ4n) is 8.41. The van der Waals surface area contributed by atoms with Gasteiger partial charge in [-0.15, -0.1) is 0 Å². The first-order chi connectivity index (χ1) is 16.1. The number of aromatic nitrogens is 2. The van der Waals surface area contributed by atoms with Gasteiger partial charge in [0.2, 0.25) is 5.91 Å². The van der Waals surface area contributed by atoms with Crippen molar-refractivity contribution in [3.05, 3.63) is 34.2 Å². The molecule has 1 aromatic rings. The van der Waals surface area contributed by atoms with Crippen molar-refractivity contribution in [2.45, 2.75) is 104 Å². The number of carbonyl (C=O) groups is 1. The van der Waals surface area contributed by atoms with E-state index in [1.54, 1.807) is 12.5 Å². The molecule has 2 saturated carbocycles. The summed E-state index contributed by atoms with van der Waals surface area (Å²) < 4.78 is 0. The summed E-state index contributed by atoms with van der Waals surface area (Å²) in [5.41, 5.74) is 7.29. The van der Waals surface area contributed by atoms with Crippen molar-refractivity contribution in [1.82, 2.24) is 15.5 Å². The molecule has 186 valence electrons. The quantitative estimate of drug-likeness (QED) is 0.611. The van der Waals surface area contributed by atoms with Crippen molar-refractivity contribution in [2.24, 2.45) is 29.1 Å². The summed E-state index contributed by atoms with van der Waals surface area (Å²) in [7, 11) is 0. The van der Waals surface area contributed by atoms with Gasteiger partial charge >= 0.3 is 0 Å². The predicted molar refractivity (Wildman–Crippen MR) is 134 cm³/mol. The molecule has 4 aliphatic carbocycles. The standard InChI is InChI=1S/C29H43N3O2/c1-17(16-30-19(3)33)6-9-25-18(2)27-26(32-31-25)15-24-22-8-7-20-14-21(34)10-12-28(20,4)23(22)11-13-29(24,27)5/h7,17,21-24,34H,6,8-16H2,1-5H3,(H,30,33)/t17-,21-,22+,23-,24+,28+,29-/m1/s1. The first-order valence-electron chi connectivity index (χ1n) is 13.6. The molecule has 5 nitrogen and oxygen atoms in total. The first-order valence-corrected chi connectivity index (χ1v) is 13.6. The molecule has 5 heteroatoms. The summed E-state index contributed by atoms with van der Waals surface area (Å²) in [6.45, 7) is 11.8. The van der Waals surface area contributed by atoms with E-state index < -0.39 is 0 Å². The molecule has 1 heterocycles. The monoisotopic (exact) mass is 465 g/mol. The number of amides is 1. The minimum atomic E-state index is -0.141. The zero-order chi connectivity index (χ0) is 24.3. The van der Waals surface area contributed by atoms with Crippen LogP contribution in [-0.4, -0.2) is 33.9 Å². The van der Waals surface area contributed by atoms with Crippen molar-refractivity contribution < 1.29 is 9.90 Å². The SMILES string of the molecule is CC(=O)NC[C@H](C)CCc1nnc2c(c1C)[C@]1(C)CC[C@@H]3[C@H](CC=C4C[C@H](O)CC[C@@]43C)[C@@H]1C2. The van der Waals surface area contributed by atoms with Gasteiger partial charge in [0.05, 0.1) is 17.5 Å². The molecule has 4 aliphatic rings. The van der Waals surface area contributed by atoms with Crippen LogP contribution in [0.1, 0.15) is 95.2 Å². The Balaban J connectivity index is 1.37. The average molecular weight is 466 g/mol. The lowest BCUT2D eigenvalue weighted by molar-refractivity contribution is -0.119. The van der Waals surface area contributed by atoms with Crippen molar-refractivity contribution >= 4 is 5.91 Å². The third-order valence-electron chi connectivity index (χ3n) is 10.4. The molecule has 5 rings (SSSR count).